The van der Waals surface area contributed by atoms with Crippen molar-refractivity contribution < 1.29 is 4.74 Å². The van der Waals surface area contributed by atoms with Crippen molar-refractivity contribution in [1.82, 2.24) is 15.2 Å². The molecule has 0 saturated heterocycles. The van der Waals surface area contributed by atoms with Crippen molar-refractivity contribution in [2.45, 2.75) is 19.3 Å². The number of ether oxygens (including phenoxy) is 1. The van der Waals surface area contributed by atoms with Crippen molar-refractivity contribution in [2.75, 3.05) is 33.8 Å². The quantitative estimate of drug-likeness (QED) is 0.251. The number of aromatic nitrogens is 1. The monoisotopic (exact) mass is 499 g/mol. The number of benzene rings is 2. The van der Waals surface area contributed by atoms with E-state index in [9.17, 15) is 0 Å². The molecule has 0 atom stereocenters. The van der Waals surface area contributed by atoms with Crippen LogP contribution in [0.1, 0.15) is 35.1 Å². The van der Waals surface area contributed by atoms with E-state index >= 15 is 0 Å². The molecule has 0 unspecified atom stereocenters. The van der Waals surface area contributed by atoms with Gasteiger partial charge in [-0.3, -0.25) is 4.98 Å². The highest BCUT2D eigenvalue weighted by Crippen LogP contribution is 2.40. The van der Waals surface area contributed by atoms with Crippen LogP contribution in [-0.4, -0.2) is 43.7 Å². The Balaban J connectivity index is 1.48. The average molecular weight is 500 g/mol. The molecule has 0 bridgehead atoms. The smallest absolute Gasteiger partial charge is 0.119 e. The molecule has 4 rings (SSSR count). The molecular weight excluding hydrogens is 466 g/mol. The van der Waals surface area contributed by atoms with Crippen molar-refractivity contribution >= 4 is 22.7 Å². The predicted molar refractivity (Wildman–Crippen MR) is 151 cm³/mol. The fourth-order valence-electron chi connectivity index (χ4n) is 4.41. The maximum atomic E-state index is 6.32. The minimum Gasteiger partial charge on any atom is -0.492 e. The van der Waals surface area contributed by atoms with Crippen LogP contribution in [0.2, 0.25) is 5.02 Å². The Morgan fingerprint density at radius 1 is 1.08 bits per heavy atom. The number of pyridine rings is 1. The molecule has 1 N–H and O–H groups in total. The van der Waals surface area contributed by atoms with Gasteiger partial charge in [-0.05, 0) is 76.9 Å². The molecule has 1 aliphatic rings. The van der Waals surface area contributed by atoms with Gasteiger partial charge in [0.1, 0.15) is 12.4 Å². The van der Waals surface area contributed by atoms with Crippen molar-refractivity contribution in [3.05, 3.63) is 119 Å². The predicted octanol–water partition coefficient (Wildman–Crippen LogP) is 6.63. The van der Waals surface area contributed by atoms with Crippen LogP contribution in [0.25, 0.3) is 11.1 Å². The molecule has 1 aromatic heterocycles. The third-order valence-electron chi connectivity index (χ3n) is 6.35. The lowest BCUT2D eigenvalue weighted by Gasteiger charge is -2.17. The van der Waals surface area contributed by atoms with Crippen molar-refractivity contribution in [3.63, 3.8) is 0 Å². The molecular formula is C31H34ClN3O. The highest BCUT2D eigenvalue weighted by molar-refractivity contribution is 6.30. The summed E-state index contributed by atoms with van der Waals surface area (Å²) in [5, 5.41) is 4.02. The zero-order valence-electron chi connectivity index (χ0n) is 21.1. The fraction of sp³-hybridized carbons (Fsp3) is 0.258. The highest BCUT2D eigenvalue weighted by Gasteiger charge is 2.20. The Kier molecular flexibility index (Phi) is 8.99. The van der Waals surface area contributed by atoms with Gasteiger partial charge in [0.15, 0.2) is 0 Å². The molecule has 36 heavy (non-hydrogen) atoms. The van der Waals surface area contributed by atoms with Crippen molar-refractivity contribution in [3.8, 4) is 5.75 Å². The van der Waals surface area contributed by atoms with Gasteiger partial charge in [0.2, 0.25) is 0 Å². The van der Waals surface area contributed by atoms with Gasteiger partial charge in [-0.15, -0.1) is 0 Å². The van der Waals surface area contributed by atoms with Crippen LogP contribution in [0.4, 0.5) is 0 Å². The van der Waals surface area contributed by atoms with E-state index in [1.807, 2.05) is 37.3 Å². The lowest BCUT2D eigenvalue weighted by Crippen LogP contribution is -2.21. The minimum atomic E-state index is 0.604. The minimum absolute atomic E-state index is 0.604. The molecule has 3 aromatic rings. The first-order valence-corrected chi connectivity index (χ1v) is 12.8. The van der Waals surface area contributed by atoms with E-state index < -0.39 is 0 Å². The zero-order chi connectivity index (χ0) is 25.3. The molecule has 0 radical (unpaired) electrons. The molecule has 4 nitrogen and oxygen atoms in total. The maximum Gasteiger partial charge on any atom is 0.119 e. The first kappa shape index (κ1) is 25.7. The number of nitrogens with one attached hydrogen (secondary N) is 1. The number of aryl methyl sites for hydroxylation is 1. The first-order valence-electron chi connectivity index (χ1n) is 12.4. The topological polar surface area (TPSA) is 37.4 Å². The summed E-state index contributed by atoms with van der Waals surface area (Å²) in [4.78, 5) is 6.35. The molecule has 186 valence electrons. The number of hydrogen-bond acceptors (Lipinski definition) is 4. The third-order valence-corrected chi connectivity index (χ3v) is 6.56. The van der Waals surface area contributed by atoms with Crippen molar-refractivity contribution in [2.24, 2.45) is 0 Å². The standard InChI is InChI=1S/C31H34ClN3O/c1-23(35(2)3)8-7-17-33-18-19-36-28-15-13-25(14-16-28)31-29-11-5-4-9-24(29)10-6-12-30(31)26-20-27(32)22-34-21-26/h4-5,7-9,11,13-16,20-22,33H,1,6,10,12,17-19H2,2-3H3/b8-7+. The van der Waals surface area contributed by atoms with Gasteiger partial charge < -0.3 is 15.0 Å². The van der Waals surface area contributed by atoms with Gasteiger partial charge >= 0.3 is 0 Å². The van der Waals surface area contributed by atoms with Gasteiger partial charge in [0, 0.05) is 45.3 Å². The lowest BCUT2D eigenvalue weighted by atomic mass is 9.88. The van der Waals surface area contributed by atoms with E-state index in [2.05, 4.69) is 71.5 Å². The van der Waals surface area contributed by atoms with Crippen LogP contribution in [0.5, 0.6) is 5.75 Å². The van der Waals surface area contributed by atoms with Crippen LogP contribution in [0.3, 0.4) is 0 Å². The summed E-state index contributed by atoms with van der Waals surface area (Å²) in [6, 6.07) is 19.2. The summed E-state index contributed by atoms with van der Waals surface area (Å²) in [5.74, 6) is 0.866. The Morgan fingerprint density at radius 3 is 2.67 bits per heavy atom. The van der Waals surface area contributed by atoms with Gasteiger partial charge in [0.05, 0.1) is 5.02 Å². The summed E-state index contributed by atoms with van der Waals surface area (Å²) in [7, 11) is 3.97. The summed E-state index contributed by atoms with van der Waals surface area (Å²) < 4.78 is 5.98. The van der Waals surface area contributed by atoms with Crippen LogP contribution in [0, 0.1) is 0 Å². The largest absolute Gasteiger partial charge is 0.492 e. The Bertz CT molecular complexity index is 1240. The number of nitrogens with zero attached hydrogens (tertiary/aromatic N) is 2. The number of fused-ring (bicyclic) bond motifs is 1. The van der Waals surface area contributed by atoms with Gasteiger partial charge in [-0.2, -0.15) is 0 Å². The number of halogens is 1. The van der Waals surface area contributed by atoms with E-state index in [4.69, 9.17) is 16.3 Å². The SMILES string of the molecule is C=C(/C=C/CNCCOc1ccc(C2=C(c3cncc(Cl)c3)CCCc3ccccc32)cc1)N(C)C. The molecule has 1 aliphatic carbocycles. The van der Waals surface area contributed by atoms with E-state index in [1.54, 1.807) is 6.20 Å². The molecule has 5 heteroatoms. The normalized spacial score (nSPS) is 13.4. The van der Waals surface area contributed by atoms with Crippen LogP contribution in [-0.2, 0) is 6.42 Å². The number of hydrogen-bond donors (Lipinski definition) is 1. The summed E-state index contributed by atoms with van der Waals surface area (Å²) in [5.41, 5.74) is 8.46. The molecule has 0 spiro atoms. The van der Waals surface area contributed by atoms with Crippen molar-refractivity contribution in [1.29, 1.82) is 0 Å². The molecule has 0 fully saturated rings. The Morgan fingerprint density at radius 2 is 1.89 bits per heavy atom. The second-order valence-corrected chi connectivity index (χ2v) is 9.56. The third kappa shape index (κ3) is 6.66. The number of rotatable bonds is 10. The Labute approximate surface area is 220 Å². The second kappa shape index (κ2) is 12.6. The van der Waals surface area contributed by atoms with Gasteiger partial charge in [-0.25, -0.2) is 0 Å². The summed E-state index contributed by atoms with van der Waals surface area (Å²) >= 11 is 6.32. The molecule has 0 saturated carbocycles. The fourth-order valence-corrected chi connectivity index (χ4v) is 4.58. The van der Waals surface area contributed by atoms with E-state index in [-0.39, 0.29) is 0 Å². The molecule has 0 amide bonds. The molecule has 0 aliphatic heterocycles. The van der Waals surface area contributed by atoms with E-state index in [1.165, 1.54) is 27.8 Å². The number of allylic oxidation sites excluding steroid dienone is 2. The zero-order valence-corrected chi connectivity index (χ0v) is 21.9. The average Bonchev–Trinajstić information content (AvgIpc) is 3.08. The second-order valence-electron chi connectivity index (χ2n) is 9.12. The van der Waals surface area contributed by atoms with Gasteiger partial charge in [0.25, 0.3) is 0 Å². The number of likely N-dealkylation sites (N-methyl/N-ethyl adjacent to an activating group) is 1. The first-order chi connectivity index (χ1) is 17.5. The van der Waals surface area contributed by atoms with Crippen LogP contribution < -0.4 is 10.1 Å². The molecule has 1 heterocycles. The van der Waals surface area contributed by atoms with Crippen LogP contribution in [0.15, 0.2) is 91.4 Å². The summed E-state index contributed by atoms with van der Waals surface area (Å²) in [6.07, 6.45) is 10.8. The van der Waals surface area contributed by atoms with E-state index in [0.29, 0.717) is 11.6 Å². The lowest BCUT2D eigenvalue weighted by molar-refractivity contribution is 0.316. The molecule has 2 aromatic carbocycles. The highest BCUT2D eigenvalue weighted by atomic mass is 35.5. The maximum absolute atomic E-state index is 6.32. The van der Waals surface area contributed by atoms with Crippen LogP contribution >= 0.6 is 11.6 Å². The Hall–Kier alpha value is -3.34. The van der Waals surface area contributed by atoms with Gasteiger partial charge in [-0.1, -0.05) is 60.7 Å². The summed E-state index contributed by atoms with van der Waals surface area (Å²) in [6.45, 7) is 6.14. The van der Waals surface area contributed by atoms with E-state index in [0.717, 1.165) is 49.4 Å².